The molecule has 5 nitrogen and oxygen atoms in total. The lowest BCUT2D eigenvalue weighted by Crippen LogP contribution is -2.35. The average Bonchev–Trinajstić information content (AvgIpc) is 2.97. The summed E-state index contributed by atoms with van der Waals surface area (Å²) in [5, 5.41) is 4.03. The molecule has 0 saturated heterocycles. The summed E-state index contributed by atoms with van der Waals surface area (Å²) in [6, 6.07) is 7.63. The van der Waals surface area contributed by atoms with Crippen LogP contribution in [0.2, 0.25) is 0 Å². The summed E-state index contributed by atoms with van der Waals surface area (Å²) in [4.78, 5) is 4.44. The molecule has 0 saturated carbocycles. The molecule has 1 heterocycles. The maximum absolute atomic E-state index is 6.27. The fourth-order valence-corrected chi connectivity index (χ4v) is 1.99. The van der Waals surface area contributed by atoms with Gasteiger partial charge in [-0.25, -0.2) is 0 Å². The van der Waals surface area contributed by atoms with Crippen LogP contribution in [0, 0.1) is 0 Å². The third-order valence-corrected chi connectivity index (χ3v) is 3.52. The van der Waals surface area contributed by atoms with E-state index < -0.39 is 5.54 Å². The Bertz CT molecular complexity index is 562. The van der Waals surface area contributed by atoms with E-state index in [1.807, 2.05) is 45.0 Å². The van der Waals surface area contributed by atoms with Crippen LogP contribution < -0.4 is 10.5 Å². The van der Waals surface area contributed by atoms with Gasteiger partial charge in [0.2, 0.25) is 11.7 Å². The van der Waals surface area contributed by atoms with E-state index in [4.69, 9.17) is 15.0 Å². The Hall–Kier alpha value is -1.88. The minimum atomic E-state index is -0.553. The zero-order valence-electron chi connectivity index (χ0n) is 12.2. The van der Waals surface area contributed by atoms with Gasteiger partial charge in [-0.15, -0.1) is 0 Å². The van der Waals surface area contributed by atoms with Gasteiger partial charge < -0.3 is 15.0 Å². The first-order valence-corrected chi connectivity index (χ1v) is 6.99. The van der Waals surface area contributed by atoms with Crippen molar-refractivity contribution in [2.75, 3.05) is 6.61 Å². The van der Waals surface area contributed by atoms with Crippen LogP contribution in [-0.4, -0.2) is 16.7 Å². The summed E-state index contributed by atoms with van der Waals surface area (Å²) in [5.41, 5.74) is 6.57. The van der Waals surface area contributed by atoms with Crippen LogP contribution in [-0.2, 0) is 5.54 Å². The van der Waals surface area contributed by atoms with Crippen LogP contribution in [0.5, 0.6) is 5.75 Å². The van der Waals surface area contributed by atoms with E-state index in [0.717, 1.165) is 24.2 Å². The molecule has 2 rings (SSSR count). The third kappa shape index (κ3) is 2.82. The van der Waals surface area contributed by atoms with Gasteiger partial charge in [-0.3, -0.25) is 0 Å². The second kappa shape index (κ2) is 6.05. The van der Waals surface area contributed by atoms with Crippen LogP contribution in [0.1, 0.15) is 39.5 Å². The molecule has 1 aromatic carbocycles. The lowest BCUT2D eigenvalue weighted by molar-refractivity contribution is 0.268. The number of hydrogen-bond acceptors (Lipinski definition) is 5. The number of rotatable bonds is 6. The molecule has 1 aromatic heterocycles. The summed E-state index contributed by atoms with van der Waals surface area (Å²) < 4.78 is 10.8. The molecular weight excluding hydrogens is 254 g/mol. The Morgan fingerprint density at radius 3 is 2.65 bits per heavy atom. The first-order chi connectivity index (χ1) is 9.62. The van der Waals surface area contributed by atoms with Gasteiger partial charge in [0.1, 0.15) is 5.75 Å². The van der Waals surface area contributed by atoms with Crippen molar-refractivity contribution in [3.63, 3.8) is 0 Å². The molecule has 0 aliphatic heterocycles. The summed E-state index contributed by atoms with van der Waals surface area (Å²) in [5.74, 6) is 1.82. The lowest BCUT2D eigenvalue weighted by atomic mass is 9.94. The zero-order chi connectivity index (χ0) is 14.6. The first-order valence-electron chi connectivity index (χ1n) is 6.99. The molecule has 0 amide bonds. The third-order valence-electron chi connectivity index (χ3n) is 3.52. The molecular formula is C15H21N3O2. The van der Waals surface area contributed by atoms with Crippen molar-refractivity contribution in [3.05, 3.63) is 30.2 Å². The largest absolute Gasteiger partial charge is 0.494 e. The highest BCUT2D eigenvalue weighted by molar-refractivity contribution is 5.56. The molecule has 0 radical (unpaired) electrons. The van der Waals surface area contributed by atoms with Crippen LogP contribution in [0.15, 0.2) is 28.8 Å². The molecule has 0 bridgehead atoms. The molecule has 0 aliphatic rings. The van der Waals surface area contributed by atoms with E-state index in [9.17, 15) is 0 Å². The Kier molecular flexibility index (Phi) is 4.39. The van der Waals surface area contributed by atoms with Gasteiger partial charge in [0, 0.05) is 5.56 Å². The SMILES string of the molecule is CCOc1cccc(-c2noc(C(N)(CC)CC)n2)c1. The van der Waals surface area contributed by atoms with Gasteiger partial charge in [0.25, 0.3) is 0 Å². The van der Waals surface area contributed by atoms with Gasteiger partial charge in [0.15, 0.2) is 0 Å². The fourth-order valence-electron chi connectivity index (χ4n) is 1.99. The minimum Gasteiger partial charge on any atom is -0.494 e. The molecule has 0 fully saturated rings. The Balaban J connectivity index is 2.31. The van der Waals surface area contributed by atoms with Gasteiger partial charge in [-0.2, -0.15) is 4.98 Å². The van der Waals surface area contributed by atoms with Crippen molar-refractivity contribution in [2.45, 2.75) is 39.2 Å². The highest BCUT2D eigenvalue weighted by Crippen LogP contribution is 2.27. The number of nitrogens with two attached hydrogens (primary N) is 1. The highest BCUT2D eigenvalue weighted by Gasteiger charge is 2.30. The molecule has 0 atom stereocenters. The van der Waals surface area contributed by atoms with E-state index in [-0.39, 0.29) is 0 Å². The molecule has 0 aliphatic carbocycles. The molecule has 108 valence electrons. The smallest absolute Gasteiger partial charge is 0.247 e. The molecule has 5 heteroatoms. The van der Waals surface area contributed by atoms with Gasteiger partial charge in [-0.05, 0) is 31.9 Å². The Labute approximate surface area is 119 Å². The Morgan fingerprint density at radius 2 is 2.00 bits per heavy atom. The number of aromatic nitrogens is 2. The van der Waals surface area contributed by atoms with Crippen molar-refractivity contribution >= 4 is 0 Å². The molecule has 2 aromatic rings. The molecule has 2 N–H and O–H groups in total. The summed E-state index contributed by atoms with van der Waals surface area (Å²) >= 11 is 0. The van der Waals surface area contributed by atoms with Gasteiger partial charge in [-0.1, -0.05) is 31.1 Å². The predicted molar refractivity (Wildman–Crippen MR) is 77.4 cm³/mol. The quantitative estimate of drug-likeness (QED) is 0.876. The lowest BCUT2D eigenvalue weighted by Gasteiger charge is -2.20. The topological polar surface area (TPSA) is 74.2 Å². The summed E-state index contributed by atoms with van der Waals surface area (Å²) in [6.07, 6.45) is 1.51. The van der Waals surface area contributed by atoms with Crippen molar-refractivity contribution in [1.29, 1.82) is 0 Å². The van der Waals surface area contributed by atoms with E-state index in [1.54, 1.807) is 0 Å². The van der Waals surface area contributed by atoms with Crippen LogP contribution >= 0.6 is 0 Å². The average molecular weight is 275 g/mol. The van der Waals surface area contributed by atoms with Crippen LogP contribution in [0.4, 0.5) is 0 Å². The maximum atomic E-state index is 6.27. The van der Waals surface area contributed by atoms with Crippen LogP contribution in [0.25, 0.3) is 11.4 Å². The minimum absolute atomic E-state index is 0.485. The van der Waals surface area contributed by atoms with Crippen molar-refractivity contribution in [1.82, 2.24) is 10.1 Å². The van der Waals surface area contributed by atoms with Crippen LogP contribution in [0.3, 0.4) is 0 Å². The van der Waals surface area contributed by atoms with E-state index in [1.165, 1.54) is 0 Å². The summed E-state index contributed by atoms with van der Waals surface area (Å²) in [7, 11) is 0. The fraction of sp³-hybridized carbons (Fsp3) is 0.467. The molecule has 0 spiro atoms. The molecule has 20 heavy (non-hydrogen) atoms. The van der Waals surface area contributed by atoms with Crippen molar-refractivity contribution in [2.24, 2.45) is 5.73 Å². The van der Waals surface area contributed by atoms with E-state index >= 15 is 0 Å². The second-order valence-corrected chi connectivity index (χ2v) is 4.75. The molecule has 0 unspecified atom stereocenters. The number of nitrogens with zero attached hydrogens (tertiary/aromatic N) is 2. The summed E-state index contributed by atoms with van der Waals surface area (Å²) in [6.45, 7) is 6.61. The predicted octanol–water partition coefficient (Wildman–Crippen LogP) is 3.11. The van der Waals surface area contributed by atoms with E-state index in [2.05, 4.69) is 10.1 Å². The van der Waals surface area contributed by atoms with Gasteiger partial charge in [0.05, 0.1) is 12.1 Å². The van der Waals surface area contributed by atoms with Gasteiger partial charge >= 0.3 is 0 Å². The standard InChI is InChI=1S/C15H21N3O2/c1-4-15(16,5-2)14-17-13(18-20-14)11-8-7-9-12(10-11)19-6-3/h7-10H,4-6,16H2,1-3H3. The Morgan fingerprint density at radius 1 is 1.25 bits per heavy atom. The number of benzene rings is 1. The number of ether oxygens (including phenoxy) is 1. The monoisotopic (exact) mass is 275 g/mol. The number of hydrogen-bond donors (Lipinski definition) is 1. The maximum Gasteiger partial charge on any atom is 0.247 e. The van der Waals surface area contributed by atoms with E-state index in [0.29, 0.717) is 18.3 Å². The van der Waals surface area contributed by atoms with Crippen molar-refractivity contribution in [3.8, 4) is 17.1 Å². The zero-order valence-corrected chi connectivity index (χ0v) is 12.2. The first kappa shape index (κ1) is 14.5. The second-order valence-electron chi connectivity index (χ2n) is 4.75. The highest BCUT2D eigenvalue weighted by atomic mass is 16.5. The van der Waals surface area contributed by atoms with Crippen molar-refractivity contribution < 1.29 is 9.26 Å². The normalized spacial score (nSPS) is 11.6.